The standard InChI is InChI=1S/C19H14N2O3/c22-13-3-1-11(2-4-13)17-10-21-19-16(17)7-12(9-20-19)15-6-5-14(23)8-18(15)24/h1-10,22-24H,(H,20,21). The lowest BCUT2D eigenvalue weighted by Gasteiger charge is -2.06. The molecule has 5 heteroatoms. The van der Waals surface area contributed by atoms with Crippen LogP contribution in [0.4, 0.5) is 0 Å². The number of fused-ring (bicyclic) bond motifs is 1. The van der Waals surface area contributed by atoms with E-state index in [4.69, 9.17) is 0 Å². The molecule has 0 atom stereocenters. The molecule has 0 radical (unpaired) electrons. The Morgan fingerprint density at radius 1 is 0.750 bits per heavy atom. The largest absolute Gasteiger partial charge is 0.508 e. The molecule has 2 heterocycles. The molecule has 0 aliphatic carbocycles. The predicted molar refractivity (Wildman–Crippen MR) is 92.0 cm³/mol. The van der Waals surface area contributed by atoms with Crippen molar-refractivity contribution >= 4 is 11.0 Å². The summed E-state index contributed by atoms with van der Waals surface area (Å²) in [4.78, 5) is 7.53. The number of phenols is 3. The Morgan fingerprint density at radius 3 is 2.25 bits per heavy atom. The SMILES string of the molecule is Oc1ccc(-c2c[nH]c3ncc(-c4ccc(O)cc4O)cc23)cc1. The number of nitrogens with zero attached hydrogens (tertiary/aromatic N) is 1. The number of hydrogen-bond acceptors (Lipinski definition) is 4. The fraction of sp³-hybridized carbons (Fsp3) is 0. The molecule has 0 saturated heterocycles. The lowest BCUT2D eigenvalue weighted by Crippen LogP contribution is -1.83. The average molecular weight is 318 g/mol. The van der Waals surface area contributed by atoms with Crippen LogP contribution in [0, 0.1) is 0 Å². The van der Waals surface area contributed by atoms with Gasteiger partial charge in [-0.25, -0.2) is 4.98 Å². The summed E-state index contributed by atoms with van der Waals surface area (Å²) in [5, 5.41) is 29.9. The van der Waals surface area contributed by atoms with E-state index in [-0.39, 0.29) is 17.2 Å². The summed E-state index contributed by atoms with van der Waals surface area (Å²) in [6, 6.07) is 13.4. The number of phenolic OH excluding ortho intramolecular Hbond substituents is 3. The van der Waals surface area contributed by atoms with Gasteiger partial charge in [0.05, 0.1) is 0 Å². The van der Waals surface area contributed by atoms with Gasteiger partial charge < -0.3 is 20.3 Å². The summed E-state index contributed by atoms with van der Waals surface area (Å²) in [5.41, 5.74) is 3.99. The highest BCUT2D eigenvalue weighted by Crippen LogP contribution is 2.35. The Kier molecular flexibility index (Phi) is 3.13. The van der Waals surface area contributed by atoms with Gasteiger partial charge in [-0.05, 0) is 35.9 Å². The molecule has 0 amide bonds. The summed E-state index contributed by atoms with van der Waals surface area (Å²) in [6.07, 6.45) is 3.54. The Labute approximate surface area is 137 Å². The van der Waals surface area contributed by atoms with Crippen molar-refractivity contribution < 1.29 is 15.3 Å². The summed E-state index contributed by atoms with van der Waals surface area (Å²) >= 11 is 0. The fourth-order valence-corrected chi connectivity index (χ4v) is 2.79. The van der Waals surface area contributed by atoms with Crippen molar-refractivity contribution in [3.05, 3.63) is 60.9 Å². The molecule has 2 aromatic heterocycles. The highest BCUT2D eigenvalue weighted by molar-refractivity contribution is 5.96. The van der Waals surface area contributed by atoms with E-state index >= 15 is 0 Å². The van der Waals surface area contributed by atoms with Gasteiger partial charge in [0, 0.05) is 40.5 Å². The van der Waals surface area contributed by atoms with E-state index in [1.165, 1.54) is 12.1 Å². The predicted octanol–water partition coefficient (Wildman–Crippen LogP) is 4.01. The summed E-state index contributed by atoms with van der Waals surface area (Å²) < 4.78 is 0. The monoisotopic (exact) mass is 318 g/mol. The minimum atomic E-state index is -0.00197. The van der Waals surface area contributed by atoms with Crippen molar-refractivity contribution in [3.8, 4) is 39.5 Å². The topological polar surface area (TPSA) is 89.4 Å². The van der Waals surface area contributed by atoms with E-state index < -0.39 is 0 Å². The highest BCUT2D eigenvalue weighted by atomic mass is 16.3. The van der Waals surface area contributed by atoms with Gasteiger partial charge in [0.25, 0.3) is 0 Å². The molecule has 4 N–H and O–H groups in total. The van der Waals surface area contributed by atoms with E-state index in [0.717, 1.165) is 27.7 Å². The van der Waals surface area contributed by atoms with E-state index in [9.17, 15) is 15.3 Å². The lowest BCUT2D eigenvalue weighted by atomic mass is 10.0. The minimum absolute atomic E-state index is 0.00197. The molecule has 4 rings (SSSR count). The van der Waals surface area contributed by atoms with Crippen LogP contribution in [-0.2, 0) is 0 Å². The number of H-pyrrole nitrogens is 1. The zero-order chi connectivity index (χ0) is 16.7. The number of pyridine rings is 1. The van der Waals surface area contributed by atoms with Gasteiger partial charge in [0.2, 0.25) is 0 Å². The molecule has 2 aromatic carbocycles. The molecule has 24 heavy (non-hydrogen) atoms. The molecule has 4 aromatic rings. The Morgan fingerprint density at radius 2 is 1.50 bits per heavy atom. The first-order valence-corrected chi connectivity index (χ1v) is 7.41. The van der Waals surface area contributed by atoms with Crippen LogP contribution < -0.4 is 0 Å². The maximum absolute atomic E-state index is 10.1. The van der Waals surface area contributed by atoms with Crippen molar-refractivity contribution in [1.82, 2.24) is 9.97 Å². The van der Waals surface area contributed by atoms with Crippen molar-refractivity contribution in [2.75, 3.05) is 0 Å². The van der Waals surface area contributed by atoms with Gasteiger partial charge in [-0.1, -0.05) is 12.1 Å². The maximum Gasteiger partial charge on any atom is 0.137 e. The molecule has 0 saturated carbocycles. The summed E-state index contributed by atoms with van der Waals surface area (Å²) in [7, 11) is 0. The molecule has 5 nitrogen and oxygen atoms in total. The summed E-state index contributed by atoms with van der Waals surface area (Å²) in [5.74, 6) is 0.223. The van der Waals surface area contributed by atoms with Crippen LogP contribution >= 0.6 is 0 Å². The Hall–Kier alpha value is -3.47. The average Bonchev–Trinajstić information content (AvgIpc) is 2.99. The second-order valence-corrected chi connectivity index (χ2v) is 5.57. The molecular formula is C19H14N2O3. The van der Waals surface area contributed by atoms with Crippen molar-refractivity contribution in [1.29, 1.82) is 0 Å². The number of aromatic nitrogens is 2. The van der Waals surface area contributed by atoms with E-state index in [2.05, 4.69) is 9.97 Å². The smallest absolute Gasteiger partial charge is 0.137 e. The van der Waals surface area contributed by atoms with Crippen LogP contribution in [0.3, 0.4) is 0 Å². The summed E-state index contributed by atoms with van der Waals surface area (Å²) in [6.45, 7) is 0. The number of rotatable bonds is 2. The molecular weight excluding hydrogens is 304 g/mol. The number of benzene rings is 2. The molecule has 0 fully saturated rings. The van der Waals surface area contributed by atoms with Crippen molar-refractivity contribution in [3.63, 3.8) is 0 Å². The number of nitrogens with one attached hydrogen (secondary N) is 1. The Balaban J connectivity index is 1.88. The van der Waals surface area contributed by atoms with E-state index in [1.54, 1.807) is 24.4 Å². The molecule has 0 aliphatic rings. The molecule has 0 aliphatic heterocycles. The van der Waals surface area contributed by atoms with Gasteiger partial charge >= 0.3 is 0 Å². The number of hydrogen-bond donors (Lipinski definition) is 4. The molecule has 0 bridgehead atoms. The van der Waals surface area contributed by atoms with Gasteiger partial charge in [-0.15, -0.1) is 0 Å². The van der Waals surface area contributed by atoms with E-state index in [0.29, 0.717) is 5.56 Å². The van der Waals surface area contributed by atoms with Gasteiger partial charge in [-0.2, -0.15) is 0 Å². The third-order valence-corrected chi connectivity index (χ3v) is 4.00. The van der Waals surface area contributed by atoms with Gasteiger partial charge in [-0.3, -0.25) is 0 Å². The second-order valence-electron chi connectivity index (χ2n) is 5.57. The quantitative estimate of drug-likeness (QED) is 0.449. The lowest BCUT2D eigenvalue weighted by molar-refractivity contribution is 0.452. The van der Waals surface area contributed by atoms with Crippen LogP contribution in [0.1, 0.15) is 0 Å². The van der Waals surface area contributed by atoms with E-state index in [1.807, 2.05) is 24.4 Å². The number of aromatic amines is 1. The van der Waals surface area contributed by atoms with Crippen LogP contribution in [0.2, 0.25) is 0 Å². The number of aromatic hydroxyl groups is 3. The molecule has 0 spiro atoms. The van der Waals surface area contributed by atoms with Crippen LogP contribution in [0.5, 0.6) is 17.2 Å². The second kappa shape index (κ2) is 5.31. The first kappa shape index (κ1) is 14.1. The van der Waals surface area contributed by atoms with Gasteiger partial charge in [0.1, 0.15) is 22.9 Å². The third kappa shape index (κ3) is 2.32. The first-order valence-electron chi connectivity index (χ1n) is 7.41. The first-order chi connectivity index (χ1) is 11.6. The Bertz CT molecular complexity index is 1040. The van der Waals surface area contributed by atoms with Crippen molar-refractivity contribution in [2.45, 2.75) is 0 Å². The highest BCUT2D eigenvalue weighted by Gasteiger charge is 2.11. The normalized spacial score (nSPS) is 11.0. The fourth-order valence-electron chi connectivity index (χ4n) is 2.79. The maximum atomic E-state index is 10.1. The van der Waals surface area contributed by atoms with Crippen molar-refractivity contribution in [2.24, 2.45) is 0 Å². The minimum Gasteiger partial charge on any atom is -0.508 e. The van der Waals surface area contributed by atoms with Gasteiger partial charge in [0.15, 0.2) is 0 Å². The zero-order valence-electron chi connectivity index (χ0n) is 12.6. The molecule has 118 valence electrons. The third-order valence-electron chi connectivity index (χ3n) is 4.00. The zero-order valence-corrected chi connectivity index (χ0v) is 12.6. The van der Waals surface area contributed by atoms with Crippen LogP contribution in [0.25, 0.3) is 33.3 Å². The molecule has 0 unspecified atom stereocenters. The van der Waals surface area contributed by atoms with Crippen LogP contribution in [0.15, 0.2) is 60.9 Å². The van der Waals surface area contributed by atoms with Crippen LogP contribution in [-0.4, -0.2) is 25.3 Å².